The molecule has 0 bridgehead atoms. The van der Waals surface area contributed by atoms with Crippen LogP contribution in [0.25, 0.3) is 0 Å². The van der Waals surface area contributed by atoms with Crippen molar-refractivity contribution in [2.45, 2.75) is 6.92 Å². The van der Waals surface area contributed by atoms with E-state index in [1.54, 1.807) is 7.11 Å². The van der Waals surface area contributed by atoms with Gasteiger partial charge in [0.1, 0.15) is 6.20 Å². The molecule has 0 atom stereocenters. The van der Waals surface area contributed by atoms with E-state index in [1.165, 1.54) is 11.3 Å². The van der Waals surface area contributed by atoms with Gasteiger partial charge in [-0.25, -0.2) is 4.98 Å². The van der Waals surface area contributed by atoms with Crippen molar-refractivity contribution >= 4 is 11.3 Å². The first kappa shape index (κ1) is 5.56. The SMILES string of the molecule is COc1[c]nc(C)s1. The van der Waals surface area contributed by atoms with E-state index in [9.17, 15) is 0 Å². The van der Waals surface area contributed by atoms with Gasteiger partial charge in [-0.05, 0) is 6.92 Å². The lowest BCUT2D eigenvalue weighted by atomic mass is 10.8. The fourth-order valence-electron chi connectivity index (χ4n) is 0.391. The summed E-state index contributed by atoms with van der Waals surface area (Å²) in [5.41, 5.74) is 0. The molecule has 8 heavy (non-hydrogen) atoms. The van der Waals surface area contributed by atoms with Crippen molar-refractivity contribution in [3.8, 4) is 5.06 Å². The highest BCUT2D eigenvalue weighted by Gasteiger charge is 1.93. The molecule has 0 aliphatic rings. The second kappa shape index (κ2) is 2.13. The molecule has 1 aromatic rings. The molecular formula is C5H6NOS. The van der Waals surface area contributed by atoms with Crippen molar-refractivity contribution in [1.29, 1.82) is 0 Å². The van der Waals surface area contributed by atoms with E-state index in [0.29, 0.717) is 0 Å². The molecule has 0 spiro atoms. The summed E-state index contributed by atoms with van der Waals surface area (Å²) in [6, 6.07) is 0. The zero-order valence-electron chi connectivity index (χ0n) is 4.76. The Morgan fingerprint density at radius 1 is 1.75 bits per heavy atom. The molecule has 0 saturated carbocycles. The standard InChI is InChI=1S/C5H6NOS/c1-4-6-3-5(7-2)8-4/h1-2H3. The number of nitrogens with zero attached hydrogens (tertiary/aromatic N) is 1. The molecule has 0 amide bonds. The van der Waals surface area contributed by atoms with Crippen LogP contribution in [-0.4, -0.2) is 12.1 Å². The largest absolute Gasteiger partial charge is 0.486 e. The lowest BCUT2D eigenvalue weighted by Gasteiger charge is -1.84. The van der Waals surface area contributed by atoms with E-state index >= 15 is 0 Å². The van der Waals surface area contributed by atoms with Crippen LogP contribution in [0.4, 0.5) is 0 Å². The molecule has 0 fully saturated rings. The van der Waals surface area contributed by atoms with E-state index in [2.05, 4.69) is 11.2 Å². The third-order valence-electron chi connectivity index (χ3n) is 0.730. The minimum Gasteiger partial charge on any atom is -0.486 e. The minimum atomic E-state index is 0.752. The predicted molar refractivity (Wildman–Crippen MR) is 32.2 cm³/mol. The summed E-state index contributed by atoms with van der Waals surface area (Å²) in [6.07, 6.45) is 2.70. The molecule has 0 aliphatic heterocycles. The average molecular weight is 128 g/mol. The third-order valence-corrected chi connectivity index (χ3v) is 1.56. The van der Waals surface area contributed by atoms with E-state index in [-0.39, 0.29) is 0 Å². The van der Waals surface area contributed by atoms with Crippen LogP contribution in [-0.2, 0) is 0 Å². The fraction of sp³-hybridized carbons (Fsp3) is 0.400. The number of hydrogen-bond donors (Lipinski definition) is 0. The first-order valence-electron chi connectivity index (χ1n) is 2.22. The lowest BCUT2D eigenvalue weighted by Crippen LogP contribution is -1.74. The van der Waals surface area contributed by atoms with Crippen molar-refractivity contribution in [2.75, 3.05) is 7.11 Å². The third kappa shape index (κ3) is 0.980. The van der Waals surface area contributed by atoms with E-state index < -0.39 is 0 Å². The van der Waals surface area contributed by atoms with Gasteiger partial charge in [-0.15, -0.1) is 0 Å². The Balaban J connectivity index is 2.84. The number of thiazole rings is 1. The second-order valence-corrected chi connectivity index (χ2v) is 2.50. The molecule has 1 radical (unpaired) electrons. The molecule has 1 heterocycles. The molecule has 0 N–H and O–H groups in total. The van der Waals surface area contributed by atoms with Gasteiger partial charge in [0, 0.05) is 0 Å². The van der Waals surface area contributed by atoms with Crippen LogP contribution in [0.2, 0.25) is 0 Å². The molecule has 1 aromatic heterocycles. The Morgan fingerprint density at radius 2 is 2.50 bits per heavy atom. The van der Waals surface area contributed by atoms with Crippen molar-refractivity contribution in [3.63, 3.8) is 0 Å². The number of methoxy groups -OCH3 is 1. The molecule has 1 rings (SSSR count). The summed E-state index contributed by atoms with van der Waals surface area (Å²) in [7, 11) is 1.61. The first-order valence-corrected chi connectivity index (χ1v) is 3.03. The summed E-state index contributed by atoms with van der Waals surface area (Å²) in [5.74, 6) is 0. The minimum absolute atomic E-state index is 0.752. The van der Waals surface area contributed by atoms with Crippen LogP contribution in [0, 0.1) is 13.1 Å². The van der Waals surface area contributed by atoms with Crippen LogP contribution in [0.1, 0.15) is 5.01 Å². The highest BCUT2D eigenvalue weighted by Crippen LogP contribution is 2.17. The van der Waals surface area contributed by atoms with Crippen LogP contribution < -0.4 is 4.74 Å². The summed E-state index contributed by atoms with van der Waals surface area (Å²) >= 11 is 1.50. The van der Waals surface area contributed by atoms with Gasteiger partial charge in [0.25, 0.3) is 0 Å². The Hall–Kier alpha value is -0.570. The Labute approximate surface area is 52.1 Å². The number of rotatable bonds is 1. The number of ether oxygens (including phenoxy) is 1. The molecule has 0 saturated heterocycles. The van der Waals surface area contributed by atoms with Crippen molar-refractivity contribution in [2.24, 2.45) is 0 Å². The monoisotopic (exact) mass is 128 g/mol. The first-order chi connectivity index (χ1) is 3.83. The van der Waals surface area contributed by atoms with Crippen molar-refractivity contribution in [1.82, 2.24) is 4.98 Å². The topological polar surface area (TPSA) is 22.1 Å². The Kier molecular flexibility index (Phi) is 1.48. The van der Waals surface area contributed by atoms with Gasteiger partial charge in [0.15, 0.2) is 0 Å². The van der Waals surface area contributed by atoms with Crippen LogP contribution >= 0.6 is 11.3 Å². The summed E-state index contributed by atoms with van der Waals surface area (Å²) < 4.78 is 4.84. The van der Waals surface area contributed by atoms with Gasteiger partial charge in [0.2, 0.25) is 5.06 Å². The molecule has 2 nitrogen and oxygen atoms in total. The van der Waals surface area contributed by atoms with Gasteiger partial charge in [-0.3, -0.25) is 0 Å². The van der Waals surface area contributed by atoms with Gasteiger partial charge in [0.05, 0.1) is 12.1 Å². The Morgan fingerprint density at radius 3 is 2.75 bits per heavy atom. The van der Waals surface area contributed by atoms with Crippen LogP contribution in [0.5, 0.6) is 5.06 Å². The lowest BCUT2D eigenvalue weighted by molar-refractivity contribution is 0.425. The zero-order valence-corrected chi connectivity index (χ0v) is 5.58. The maximum absolute atomic E-state index is 4.84. The normalized spacial score (nSPS) is 9.25. The van der Waals surface area contributed by atoms with E-state index in [4.69, 9.17) is 4.74 Å². The second-order valence-electron chi connectivity index (χ2n) is 1.34. The maximum atomic E-state index is 4.84. The van der Waals surface area contributed by atoms with Gasteiger partial charge in [-0.1, -0.05) is 11.3 Å². The number of aryl methyl sites for hydroxylation is 1. The molecule has 0 aliphatic carbocycles. The molecule has 0 aromatic carbocycles. The molecule has 3 heteroatoms. The van der Waals surface area contributed by atoms with Crippen LogP contribution in [0.3, 0.4) is 0 Å². The van der Waals surface area contributed by atoms with Gasteiger partial charge in [-0.2, -0.15) is 0 Å². The Bertz CT molecular complexity index is 173. The highest BCUT2D eigenvalue weighted by atomic mass is 32.1. The molecule has 0 unspecified atom stereocenters. The van der Waals surface area contributed by atoms with E-state index in [0.717, 1.165) is 10.1 Å². The number of hydrogen-bond acceptors (Lipinski definition) is 3. The quantitative estimate of drug-likeness (QED) is 0.568. The predicted octanol–water partition coefficient (Wildman–Crippen LogP) is 1.26. The maximum Gasteiger partial charge on any atom is 0.203 e. The summed E-state index contributed by atoms with van der Waals surface area (Å²) in [6.45, 7) is 1.92. The fourth-order valence-corrected chi connectivity index (χ4v) is 0.926. The van der Waals surface area contributed by atoms with Gasteiger partial charge >= 0.3 is 0 Å². The van der Waals surface area contributed by atoms with E-state index in [1.807, 2.05) is 6.92 Å². The molecular weight excluding hydrogens is 122 g/mol. The molecule has 43 valence electrons. The zero-order chi connectivity index (χ0) is 5.98. The van der Waals surface area contributed by atoms with Crippen molar-refractivity contribution < 1.29 is 4.74 Å². The smallest absolute Gasteiger partial charge is 0.203 e. The van der Waals surface area contributed by atoms with Crippen molar-refractivity contribution in [3.05, 3.63) is 11.2 Å². The number of aromatic nitrogens is 1. The summed E-state index contributed by atoms with van der Waals surface area (Å²) in [4.78, 5) is 3.86. The van der Waals surface area contributed by atoms with Gasteiger partial charge < -0.3 is 4.74 Å². The van der Waals surface area contributed by atoms with Crippen LogP contribution in [0.15, 0.2) is 0 Å². The highest BCUT2D eigenvalue weighted by molar-refractivity contribution is 7.13. The summed E-state index contributed by atoms with van der Waals surface area (Å²) in [5, 5.41) is 1.74. The average Bonchev–Trinajstić information content (AvgIpc) is 2.14.